The van der Waals surface area contributed by atoms with E-state index in [1.807, 2.05) is 30.5 Å². The van der Waals surface area contributed by atoms with Gasteiger partial charge in [0.15, 0.2) is 5.78 Å². The van der Waals surface area contributed by atoms with Crippen molar-refractivity contribution in [1.82, 2.24) is 4.98 Å². The third kappa shape index (κ3) is 2.03. The van der Waals surface area contributed by atoms with Gasteiger partial charge in [-0.15, -0.1) is 0 Å². The normalized spacial score (nSPS) is 14.1. The number of fused-ring (bicyclic) bond motifs is 2. The zero-order valence-corrected chi connectivity index (χ0v) is 12.6. The van der Waals surface area contributed by atoms with Crippen molar-refractivity contribution in [2.75, 3.05) is 0 Å². The molecule has 2 heteroatoms. The van der Waals surface area contributed by atoms with Gasteiger partial charge in [-0.3, -0.25) is 9.78 Å². The zero-order chi connectivity index (χ0) is 15.1. The number of ketones is 1. The van der Waals surface area contributed by atoms with E-state index in [4.69, 9.17) is 0 Å². The molecule has 0 atom stereocenters. The van der Waals surface area contributed by atoms with Crippen LogP contribution < -0.4 is 0 Å². The Bertz CT molecular complexity index is 895. The average molecular weight is 287 g/mol. The molecule has 22 heavy (non-hydrogen) atoms. The van der Waals surface area contributed by atoms with E-state index in [2.05, 4.69) is 30.1 Å². The van der Waals surface area contributed by atoms with Gasteiger partial charge in [-0.25, -0.2) is 0 Å². The number of hydrogen-bond acceptors (Lipinski definition) is 2. The minimum absolute atomic E-state index is 0.285. The van der Waals surface area contributed by atoms with E-state index in [1.54, 1.807) is 0 Å². The molecule has 0 saturated carbocycles. The van der Waals surface area contributed by atoms with Crippen LogP contribution in [0.2, 0.25) is 0 Å². The third-order valence-electron chi connectivity index (χ3n) is 4.63. The zero-order valence-electron chi connectivity index (χ0n) is 12.6. The molecule has 0 unspecified atom stereocenters. The van der Waals surface area contributed by atoms with Gasteiger partial charge < -0.3 is 0 Å². The molecule has 0 radical (unpaired) electrons. The molecule has 1 aliphatic carbocycles. The maximum Gasteiger partial charge on any atom is 0.163 e. The number of carbonyl (C=O) groups is 1. The summed E-state index contributed by atoms with van der Waals surface area (Å²) in [5.41, 5.74) is 6.69. The van der Waals surface area contributed by atoms with Gasteiger partial charge in [0, 0.05) is 29.1 Å². The second-order valence-corrected chi connectivity index (χ2v) is 5.96. The minimum atomic E-state index is 0.285. The fraction of sp³-hybridized carbons (Fsp3) is 0.200. The van der Waals surface area contributed by atoms with Crippen LogP contribution in [0.25, 0.3) is 22.0 Å². The van der Waals surface area contributed by atoms with E-state index >= 15 is 0 Å². The van der Waals surface area contributed by atoms with Gasteiger partial charge in [0.25, 0.3) is 0 Å². The molecule has 0 aliphatic heterocycles. The Balaban J connectivity index is 1.89. The molecule has 1 aliphatic rings. The maximum absolute atomic E-state index is 12.0. The lowest BCUT2D eigenvalue weighted by Crippen LogP contribution is -2.12. The monoisotopic (exact) mass is 287 g/mol. The van der Waals surface area contributed by atoms with Gasteiger partial charge in [-0.2, -0.15) is 0 Å². The number of rotatable bonds is 1. The molecule has 4 rings (SSSR count). The Morgan fingerprint density at radius 1 is 1.00 bits per heavy atom. The Labute approximate surface area is 129 Å². The molecule has 1 heterocycles. The summed E-state index contributed by atoms with van der Waals surface area (Å²) in [6, 6.07) is 14.4. The molecule has 1 aromatic heterocycles. The number of benzene rings is 2. The van der Waals surface area contributed by atoms with E-state index in [0.29, 0.717) is 6.42 Å². The average Bonchev–Trinajstić information content (AvgIpc) is 2.56. The van der Waals surface area contributed by atoms with Crippen LogP contribution in [0.3, 0.4) is 0 Å². The summed E-state index contributed by atoms with van der Waals surface area (Å²) in [5.74, 6) is 0.285. The van der Waals surface area contributed by atoms with Crippen LogP contribution >= 0.6 is 0 Å². The predicted molar refractivity (Wildman–Crippen MR) is 89.2 cm³/mol. The lowest BCUT2D eigenvalue weighted by Gasteiger charge is -2.19. The number of pyridine rings is 1. The van der Waals surface area contributed by atoms with Gasteiger partial charge in [0.05, 0.1) is 5.52 Å². The van der Waals surface area contributed by atoms with E-state index in [-0.39, 0.29) is 5.78 Å². The summed E-state index contributed by atoms with van der Waals surface area (Å²) < 4.78 is 0. The number of Topliss-reactive ketones (excluding diaryl/α,β-unsaturated/α-hetero) is 1. The fourth-order valence-corrected chi connectivity index (χ4v) is 3.43. The van der Waals surface area contributed by atoms with Crippen LogP contribution in [0.1, 0.15) is 34.3 Å². The van der Waals surface area contributed by atoms with Crippen LogP contribution in [-0.4, -0.2) is 10.8 Å². The van der Waals surface area contributed by atoms with Crippen molar-refractivity contribution in [2.24, 2.45) is 0 Å². The highest BCUT2D eigenvalue weighted by Crippen LogP contribution is 2.32. The molecule has 0 amide bonds. The molecule has 0 saturated heterocycles. The summed E-state index contributed by atoms with van der Waals surface area (Å²) in [6.07, 6.45) is 4.58. The van der Waals surface area contributed by atoms with Crippen molar-refractivity contribution in [2.45, 2.75) is 26.2 Å². The second kappa shape index (κ2) is 5.06. The maximum atomic E-state index is 12.0. The van der Waals surface area contributed by atoms with E-state index < -0.39 is 0 Å². The first kappa shape index (κ1) is 13.2. The van der Waals surface area contributed by atoms with Gasteiger partial charge in [0.2, 0.25) is 0 Å². The summed E-state index contributed by atoms with van der Waals surface area (Å²) in [4.78, 5) is 16.6. The number of aromatic nitrogens is 1. The molecule has 3 aromatic rings. The topological polar surface area (TPSA) is 30.0 Å². The van der Waals surface area contributed by atoms with Crippen LogP contribution in [0.15, 0.2) is 48.7 Å². The molecular weight excluding hydrogens is 270 g/mol. The first-order chi connectivity index (χ1) is 10.7. The third-order valence-corrected chi connectivity index (χ3v) is 4.63. The van der Waals surface area contributed by atoms with Crippen LogP contribution in [0, 0.1) is 6.92 Å². The summed E-state index contributed by atoms with van der Waals surface area (Å²) >= 11 is 0. The molecular formula is C20H17NO. The fourth-order valence-electron chi connectivity index (χ4n) is 3.43. The van der Waals surface area contributed by atoms with Gasteiger partial charge in [-0.1, -0.05) is 30.3 Å². The highest BCUT2D eigenvalue weighted by atomic mass is 16.1. The Morgan fingerprint density at radius 3 is 2.73 bits per heavy atom. The summed E-state index contributed by atoms with van der Waals surface area (Å²) in [7, 11) is 0. The Kier molecular flexibility index (Phi) is 3.04. The van der Waals surface area contributed by atoms with Gasteiger partial charge >= 0.3 is 0 Å². The Morgan fingerprint density at radius 2 is 1.82 bits per heavy atom. The minimum Gasteiger partial charge on any atom is -0.294 e. The lowest BCUT2D eigenvalue weighted by atomic mass is 9.84. The van der Waals surface area contributed by atoms with E-state index in [0.717, 1.165) is 34.9 Å². The van der Waals surface area contributed by atoms with Crippen molar-refractivity contribution in [1.29, 1.82) is 0 Å². The summed E-state index contributed by atoms with van der Waals surface area (Å²) in [6.45, 7) is 2.13. The van der Waals surface area contributed by atoms with Crippen molar-refractivity contribution in [3.05, 3.63) is 65.4 Å². The quantitative estimate of drug-likeness (QED) is 0.647. The van der Waals surface area contributed by atoms with Crippen molar-refractivity contribution < 1.29 is 4.79 Å². The molecule has 2 nitrogen and oxygen atoms in total. The van der Waals surface area contributed by atoms with E-state index in [1.165, 1.54) is 16.7 Å². The number of para-hydroxylation sites is 1. The largest absolute Gasteiger partial charge is 0.294 e. The van der Waals surface area contributed by atoms with Crippen molar-refractivity contribution in [3.8, 4) is 11.1 Å². The number of nitrogens with zero attached hydrogens (tertiary/aromatic N) is 1. The first-order valence-electron chi connectivity index (χ1n) is 7.75. The van der Waals surface area contributed by atoms with Crippen molar-refractivity contribution in [3.63, 3.8) is 0 Å². The second-order valence-electron chi connectivity index (χ2n) is 5.96. The first-order valence-corrected chi connectivity index (χ1v) is 7.75. The van der Waals surface area contributed by atoms with Crippen LogP contribution in [0.5, 0.6) is 0 Å². The van der Waals surface area contributed by atoms with Crippen molar-refractivity contribution >= 4 is 16.7 Å². The highest BCUT2D eigenvalue weighted by Gasteiger charge is 2.20. The van der Waals surface area contributed by atoms with Gasteiger partial charge in [-0.05, 0) is 48.6 Å². The number of carbonyl (C=O) groups excluding carboxylic acids is 1. The lowest BCUT2D eigenvalue weighted by molar-refractivity contribution is 0.0972. The summed E-state index contributed by atoms with van der Waals surface area (Å²) in [5, 5.41) is 1.15. The predicted octanol–water partition coefficient (Wildman–Crippen LogP) is 4.73. The van der Waals surface area contributed by atoms with Gasteiger partial charge in [0.1, 0.15) is 0 Å². The Hall–Kier alpha value is -2.48. The van der Waals surface area contributed by atoms with E-state index in [9.17, 15) is 4.79 Å². The molecule has 0 bridgehead atoms. The van der Waals surface area contributed by atoms with Crippen LogP contribution in [-0.2, 0) is 6.42 Å². The molecule has 0 fully saturated rings. The van der Waals surface area contributed by atoms with Crippen LogP contribution in [0.4, 0.5) is 0 Å². The standard InChI is InChI=1S/C20H17NO/c1-13-16(9-10-18-17(13)6-4-8-20(18)22)15-11-14-5-2-3-7-19(14)21-12-15/h2-3,5,7,9-12H,4,6,8H2,1H3. The molecule has 0 spiro atoms. The molecule has 2 aromatic carbocycles. The molecule has 0 N–H and O–H groups in total. The smallest absolute Gasteiger partial charge is 0.163 e. The number of hydrogen-bond donors (Lipinski definition) is 0. The highest BCUT2D eigenvalue weighted by molar-refractivity contribution is 5.99. The SMILES string of the molecule is Cc1c(-c2cnc3ccccc3c2)ccc2c1CCCC2=O. The molecule has 108 valence electrons.